The molecular formula is C37H28O4. The molecule has 0 saturated carbocycles. The molecule has 0 amide bonds. The maximum Gasteiger partial charge on any atom is 0.127 e. The van der Waals surface area contributed by atoms with Gasteiger partial charge >= 0.3 is 0 Å². The zero-order valence-corrected chi connectivity index (χ0v) is 22.3. The van der Waals surface area contributed by atoms with Crippen molar-refractivity contribution in [1.29, 1.82) is 0 Å². The van der Waals surface area contributed by atoms with E-state index in [1.807, 2.05) is 12.1 Å². The van der Waals surface area contributed by atoms with Gasteiger partial charge in [-0.25, -0.2) is 0 Å². The van der Waals surface area contributed by atoms with Crippen LogP contribution in [0.3, 0.4) is 0 Å². The summed E-state index contributed by atoms with van der Waals surface area (Å²) in [7, 11) is 0. The summed E-state index contributed by atoms with van der Waals surface area (Å²) in [6.07, 6.45) is 7.25. The van der Waals surface area contributed by atoms with Crippen LogP contribution in [0.2, 0.25) is 0 Å². The van der Waals surface area contributed by atoms with Gasteiger partial charge in [0, 0.05) is 6.42 Å². The number of aromatic hydroxyl groups is 2. The van der Waals surface area contributed by atoms with Crippen molar-refractivity contribution >= 4 is 0 Å². The fourth-order valence-electron chi connectivity index (χ4n) is 6.11. The maximum atomic E-state index is 9.62. The van der Waals surface area contributed by atoms with Gasteiger partial charge in [0.2, 0.25) is 0 Å². The molecule has 0 fully saturated rings. The third kappa shape index (κ3) is 4.34. The molecule has 0 spiro atoms. The van der Waals surface area contributed by atoms with Crippen molar-refractivity contribution < 1.29 is 19.7 Å². The highest BCUT2D eigenvalue weighted by Crippen LogP contribution is 2.57. The molecule has 2 aliphatic carbocycles. The average Bonchev–Trinajstić information content (AvgIpc) is 3.32. The molecular weight excluding hydrogens is 508 g/mol. The molecule has 0 saturated heterocycles. The minimum absolute atomic E-state index is 0.103. The van der Waals surface area contributed by atoms with Gasteiger partial charge in [-0.05, 0) is 100 Å². The number of hydrogen-bond donors (Lipinski definition) is 2. The Morgan fingerprint density at radius 3 is 1.63 bits per heavy atom. The number of hydrogen-bond acceptors (Lipinski definition) is 4. The second kappa shape index (κ2) is 10.1. The number of phenols is 2. The summed E-state index contributed by atoms with van der Waals surface area (Å²) in [6, 6.07) is 39.3. The van der Waals surface area contributed by atoms with E-state index >= 15 is 0 Å². The second-order valence-corrected chi connectivity index (χ2v) is 10.4. The SMILES string of the molecule is Oc1ccc(Oc2ccc(C3(C4=CCC(Oc5ccc(O)cc5)C=C4)c4ccccc4-c4ccccc43)cc2)cc1. The fourth-order valence-corrected chi connectivity index (χ4v) is 6.11. The van der Waals surface area contributed by atoms with E-state index in [2.05, 4.69) is 78.9 Å². The van der Waals surface area contributed by atoms with E-state index in [4.69, 9.17) is 9.47 Å². The first-order valence-electron chi connectivity index (χ1n) is 13.7. The van der Waals surface area contributed by atoms with Crippen molar-refractivity contribution in [2.75, 3.05) is 0 Å². The van der Waals surface area contributed by atoms with Crippen LogP contribution in [0.5, 0.6) is 28.7 Å². The van der Waals surface area contributed by atoms with Gasteiger partial charge in [0.05, 0.1) is 5.41 Å². The zero-order chi connectivity index (χ0) is 27.8. The van der Waals surface area contributed by atoms with Gasteiger partial charge < -0.3 is 19.7 Å². The first-order valence-corrected chi connectivity index (χ1v) is 13.7. The summed E-state index contributed by atoms with van der Waals surface area (Å²) >= 11 is 0. The lowest BCUT2D eigenvalue weighted by Crippen LogP contribution is -2.30. The normalized spacial score (nSPS) is 16.4. The molecule has 41 heavy (non-hydrogen) atoms. The predicted molar refractivity (Wildman–Crippen MR) is 161 cm³/mol. The minimum Gasteiger partial charge on any atom is -0.508 e. The van der Waals surface area contributed by atoms with Crippen molar-refractivity contribution in [3.05, 3.63) is 162 Å². The van der Waals surface area contributed by atoms with E-state index in [9.17, 15) is 10.2 Å². The van der Waals surface area contributed by atoms with E-state index in [1.165, 1.54) is 27.8 Å². The van der Waals surface area contributed by atoms with Gasteiger partial charge in [0.1, 0.15) is 34.9 Å². The Bertz CT molecular complexity index is 1720. The standard InChI is InChI=1S/C37H28O4/c38-27-13-21-31(22-14-27)40-29-17-9-25(10-18-29)37(35-7-3-1-5-33(35)34-6-2-4-8-36(34)37)26-11-19-30(20-12-26)41-32-23-15-28(39)16-24-32/h1-19,21-24,30,38-39H,20H2. The molecule has 4 heteroatoms. The molecule has 0 aromatic heterocycles. The molecule has 2 aliphatic rings. The lowest BCUT2D eigenvalue weighted by atomic mass is 9.66. The van der Waals surface area contributed by atoms with Gasteiger partial charge in [-0.3, -0.25) is 0 Å². The number of benzene rings is 5. The van der Waals surface area contributed by atoms with Crippen molar-refractivity contribution in [2.45, 2.75) is 17.9 Å². The van der Waals surface area contributed by atoms with Crippen LogP contribution in [-0.4, -0.2) is 16.3 Å². The smallest absolute Gasteiger partial charge is 0.127 e. The molecule has 1 unspecified atom stereocenters. The lowest BCUT2D eigenvalue weighted by molar-refractivity contribution is 0.250. The fraction of sp³-hybridized carbons (Fsp3) is 0.0811. The Morgan fingerprint density at radius 1 is 0.585 bits per heavy atom. The molecule has 0 bridgehead atoms. The molecule has 5 aromatic rings. The van der Waals surface area contributed by atoms with Gasteiger partial charge in [-0.1, -0.05) is 72.8 Å². The van der Waals surface area contributed by atoms with Crippen LogP contribution in [0, 0.1) is 0 Å². The van der Waals surface area contributed by atoms with E-state index < -0.39 is 5.41 Å². The highest BCUT2D eigenvalue weighted by atomic mass is 16.5. The largest absolute Gasteiger partial charge is 0.508 e. The molecule has 4 nitrogen and oxygen atoms in total. The summed E-state index contributed by atoms with van der Waals surface area (Å²) in [5.74, 6) is 2.55. The highest BCUT2D eigenvalue weighted by molar-refractivity contribution is 5.86. The molecule has 2 N–H and O–H groups in total. The molecule has 1 atom stereocenters. The zero-order valence-electron chi connectivity index (χ0n) is 22.3. The third-order valence-electron chi connectivity index (χ3n) is 7.93. The quantitative estimate of drug-likeness (QED) is 0.228. The van der Waals surface area contributed by atoms with Gasteiger partial charge in [0.15, 0.2) is 0 Å². The average molecular weight is 537 g/mol. The van der Waals surface area contributed by atoms with Crippen LogP contribution in [0.25, 0.3) is 11.1 Å². The van der Waals surface area contributed by atoms with Crippen LogP contribution < -0.4 is 9.47 Å². The van der Waals surface area contributed by atoms with E-state index in [1.54, 1.807) is 48.5 Å². The number of fused-ring (bicyclic) bond motifs is 3. The van der Waals surface area contributed by atoms with Crippen molar-refractivity contribution in [2.24, 2.45) is 0 Å². The number of allylic oxidation sites excluding steroid dienone is 2. The molecule has 200 valence electrons. The van der Waals surface area contributed by atoms with Crippen LogP contribution >= 0.6 is 0 Å². The van der Waals surface area contributed by atoms with E-state index in [0.717, 1.165) is 23.5 Å². The van der Waals surface area contributed by atoms with Crippen molar-refractivity contribution in [3.8, 4) is 39.9 Å². The number of rotatable bonds is 6. The maximum absolute atomic E-state index is 9.62. The second-order valence-electron chi connectivity index (χ2n) is 10.4. The first kappa shape index (κ1) is 24.8. The Kier molecular flexibility index (Phi) is 6.09. The van der Waals surface area contributed by atoms with Crippen LogP contribution in [0.15, 0.2) is 145 Å². The number of ether oxygens (including phenoxy) is 2. The monoisotopic (exact) mass is 536 g/mol. The Morgan fingerprint density at radius 2 is 1.10 bits per heavy atom. The number of phenolic OH excluding ortho intramolecular Hbond substituents is 2. The molecule has 0 radical (unpaired) electrons. The molecule has 0 heterocycles. The molecule has 0 aliphatic heterocycles. The Hall–Kier alpha value is -5.22. The third-order valence-corrected chi connectivity index (χ3v) is 7.93. The highest BCUT2D eigenvalue weighted by Gasteiger charge is 2.46. The topological polar surface area (TPSA) is 58.9 Å². The van der Waals surface area contributed by atoms with Gasteiger partial charge in [-0.2, -0.15) is 0 Å². The lowest BCUT2D eigenvalue weighted by Gasteiger charge is -2.36. The molecule has 7 rings (SSSR count). The summed E-state index contributed by atoms with van der Waals surface area (Å²) < 4.78 is 12.3. The summed E-state index contributed by atoms with van der Waals surface area (Å²) in [5, 5.41) is 19.2. The van der Waals surface area contributed by atoms with Crippen LogP contribution in [0.1, 0.15) is 23.1 Å². The van der Waals surface area contributed by atoms with E-state index in [0.29, 0.717) is 5.75 Å². The Balaban J connectivity index is 1.29. The summed E-state index contributed by atoms with van der Waals surface area (Å²) in [6.45, 7) is 0. The van der Waals surface area contributed by atoms with Crippen molar-refractivity contribution in [3.63, 3.8) is 0 Å². The molecule has 5 aromatic carbocycles. The first-order chi connectivity index (χ1) is 20.1. The summed E-state index contributed by atoms with van der Waals surface area (Å²) in [5.41, 5.74) is 6.84. The van der Waals surface area contributed by atoms with Gasteiger partial charge in [0.25, 0.3) is 0 Å². The van der Waals surface area contributed by atoms with Crippen molar-refractivity contribution in [1.82, 2.24) is 0 Å². The Labute approximate surface area is 239 Å². The summed E-state index contributed by atoms with van der Waals surface area (Å²) in [4.78, 5) is 0. The van der Waals surface area contributed by atoms with E-state index in [-0.39, 0.29) is 17.6 Å². The van der Waals surface area contributed by atoms with Crippen LogP contribution in [0.4, 0.5) is 0 Å². The predicted octanol–water partition coefficient (Wildman–Crippen LogP) is 8.54. The van der Waals surface area contributed by atoms with Gasteiger partial charge in [-0.15, -0.1) is 0 Å². The van der Waals surface area contributed by atoms with Crippen LogP contribution in [-0.2, 0) is 5.41 Å². The minimum atomic E-state index is -0.496.